The summed E-state index contributed by atoms with van der Waals surface area (Å²) < 4.78 is 31.3. The van der Waals surface area contributed by atoms with Crippen LogP contribution in [0.2, 0.25) is 0 Å². The molecule has 154 valence electrons. The first kappa shape index (κ1) is 19.4. The van der Waals surface area contributed by atoms with Crippen LogP contribution in [0, 0.1) is 6.92 Å². The number of rotatable bonds is 5. The summed E-state index contributed by atoms with van der Waals surface area (Å²) in [6.45, 7) is 2.20. The molecule has 0 fully saturated rings. The Labute approximate surface area is 182 Å². The van der Waals surface area contributed by atoms with Crippen LogP contribution in [-0.4, -0.2) is 12.8 Å². The molecule has 0 amide bonds. The fraction of sp³-hybridized carbons (Fsp3) is 0.0769. The van der Waals surface area contributed by atoms with Gasteiger partial charge in [-0.25, -0.2) is 8.42 Å². The highest BCUT2D eigenvalue weighted by Crippen LogP contribution is 2.33. The average molecular weight is 427 g/mol. The van der Waals surface area contributed by atoms with E-state index in [1.807, 2.05) is 102 Å². The van der Waals surface area contributed by atoms with Crippen LogP contribution in [-0.2, 0) is 16.6 Å². The first-order valence-corrected chi connectivity index (χ1v) is 11.6. The van der Waals surface area contributed by atoms with Crippen LogP contribution >= 0.6 is 0 Å². The predicted octanol–water partition coefficient (Wildman–Crippen LogP) is 5.80. The summed E-state index contributed by atoms with van der Waals surface area (Å²) in [5.74, 6) is 0. The molecule has 0 spiro atoms. The largest absolute Gasteiger partial charge is 0.315 e. The number of aromatic nitrogens is 1. The monoisotopic (exact) mass is 426 g/mol. The molecule has 0 saturated carbocycles. The molecular weight excluding hydrogens is 404 g/mol. The van der Waals surface area contributed by atoms with Crippen LogP contribution in [0.3, 0.4) is 0 Å². The summed E-state index contributed by atoms with van der Waals surface area (Å²) in [5, 5.41) is 0.985. The number of benzene rings is 3. The fourth-order valence-corrected chi connectivity index (χ4v) is 5.39. The van der Waals surface area contributed by atoms with Crippen LogP contribution in [0.1, 0.15) is 11.1 Å². The second-order valence-electron chi connectivity index (χ2n) is 7.66. The average Bonchev–Trinajstić information content (AvgIpc) is 3.28. The van der Waals surface area contributed by atoms with Crippen molar-refractivity contribution in [1.82, 2.24) is 4.40 Å². The third kappa shape index (κ3) is 3.47. The molecule has 4 nitrogen and oxygen atoms in total. The highest BCUT2D eigenvalue weighted by atomic mass is 32.2. The Balaban J connectivity index is 1.76. The van der Waals surface area contributed by atoms with E-state index in [4.69, 9.17) is 0 Å². The van der Waals surface area contributed by atoms with Crippen LogP contribution in [0.15, 0.2) is 108 Å². The topological polar surface area (TPSA) is 41.8 Å². The van der Waals surface area contributed by atoms with Gasteiger partial charge in [-0.1, -0.05) is 66.2 Å². The van der Waals surface area contributed by atoms with E-state index in [1.54, 1.807) is 12.1 Å². The van der Waals surface area contributed by atoms with Crippen molar-refractivity contribution in [3.63, 3.8) is 0 Å². The van der Waals surface area contributed by atoms with Crippen molar-refractivity contribution < 1.29 is 8.42 Å². The van der Waals surface area contributed by atoms with Crippen LogP contribution in [0.5, 0.6) is 0 Å². The summed E-state index contributed by atoms with van der Waals surface area (Å²) >= 11 is 0. The summed E-state index contributed by atoms with van der Waals surface area (Å²) in [6.07, 6.45) is 1.97. The van der Waals surface area contributed by atoms with Gasteiger partial charge in [0.25, 0.3) is 10.0 Å². The van der Waals surface area contributed by atoms with Gasteiger partial charge in [0, 0.05) is 11.6 Å². The number of hydrogen-bond donors (Lipinski definition) is 0. The van der Waals surface area contributed by atoms with Gasteiger partial charge in [-0.15, -0.1) is 0 Å². The molecule has 5 aromatic rings. The minimum atomic E-state index is -3.79. The number of nitrogens with zero attached hydrogens (tertiary/aromatic N) is 2. The summed E-state index contributed by atoms with van der Waals surface area (Å²) in [5.41, 5.74) is 4.50. The van der Waals surface area contributed by atoms with Gasteiger partial charge in [-0.3, -0.25) is 4.31 Å². The number of para-hydroxylation sites is 1. The SMILES string of the molecule is Cc1ccc(S(=O)(=O)N(Cc2ccccc2)c2cc3ccccc3n3cccc23)cc1. The molecule has 0 aliphatic rings. The van der Waals surface area contributed by atoms with Gasteiger partial charge in [0.2, 0.25) is 0 Å². The Morgan fingerprint density at radius 1 is 0.774 bits per heavy atom. The lowest BCUT2D eigenvalue weighted by Gasteiger charge is -2.26. The molecule has 0 unspecified atom stereocenters. The van der Waals surface area contributed by atoms with E-state index in [2.05, 4.69) is 0 Å². The zero-order chi connectivity index (χ0) is 21.4. The lowest BCUT2D eigenvalue weighted by atomic mass is 10.1. The van der Waals surface area contributed by atoms with Crippen molar-refractivity contribution in [2.45, 2.75) is 18.4 Å². The number of anilines is 1. The quantitative estimate of drug-likeness (QED) is 0.357. The lowest BCUT2D eigenvalue weighted by Crippen LogP contribution is -2.31. The minimum Gasteiger partial charge on any atom is -0.315 e. The first-order valence-electron chi connectivity index (χ1n) is 10.2. The molecule has 0 N–H and O–H groups in total. The summed E-state index contributed by atoms with van der Waals surface area (Å²) in [7, 11) is -3.79. The van der Waals surface area contributed by atoms with Crippen LogP contribution in [0.4, 0.5) is 5.69 Å². The van der Waals surface area contributed by atoms with Gasteiger partial charge < -0.3 is 4.40 Å². The highest BCUT2D eigenvalue weighted by molar-refractivity contribution is 7.92. The third-order valence-electron chi connectivity index (χ3n) is 5.55. The van der Waals surface area contributed by atoms with E-state index in [9.17, 15) is 8.42 Å². The highest BCUT2D eigenvalue weighted by Gasteiger charge is 2.27. The molecule has 2 aromatic heterocycles. The normalized spacial score (nSPS) is 11.8. The van der Waals surface area contributed by atoms with Gasteiger partial charge in [-0.05, 0) is 48.9 Å². The Hall–Kier alpha value is -3.57. The Kier molecular flexibility index (Phi) is 4.75. The molecule has 0 radical (unpaired) electrons. The van der Waals surface area contributed by atoms with Crippen molar-refractivity contribution >= 4 is 32.1 Å². The predicted molar refractivity (Wildman–Crippen MR) is 126 cm³/mol. The smallest absolute Gasteiger partial charge is 0.264 e. The molecular formula is C26H22N2O2S. The minimum absolute atomic E-state index is 0.246. The molecule has 0 atom stereocenters. The van der Waals surface area contributed by atoms with Crippen molar-refractivity contribution in [3.05, 3.63) is 114 Å². The Morgan fingerprint density at radius 3 is 2.23 bits per heavy atom. The van der Waals surface area contributed by atoms with Gasteiger partial charge >= 0.3 is 0 Å². The zero-order valence-corrected chi connectivity index (χ0v) is 18.0. The molecule has 0 aliphatic carbocycles. The molecule has 0 saturated heterocycles. The van der Waals surface area contributed by atoms with Crippen LogP contribution in [0.25, 0.3) is 16.4 Å². The van der Waals surface area contributed by atoms with Crippen molar-refractivity contribution in [2.75, 3.05) is 4.31 Å². The van der Waals surface area contributed by atoms with Gasteiger partial charge in [-0.2, -0.15) is 0 Å². The van der Waals surface area contributed by atoms with E-state index < -0.39 is 10.0 Å². The second-order valence-corrected chi connectivity index (χ2v) is 9.52. The van der Waals surface area contributed by atoms with Gasteiger partial charge in [0.1, 0.15) is 0 Å². The molecule has 3 aromatic carbocycles. The van der Waals surface area contributed by atoms with E-state index in [1.165, 1.54) is 4.31 Å². The van der Waals surface area contributed by atoms with E-state index in [0.29, 0.717) is 5.69 Å². The maximum Gasteiger partial charge on any atom is 0.264 e. The number of hydrogen-bond acceptors (Lipinski definition) is 2. The summed E-state index contributed by atoms with van der Waals surface area (Å²) in [4.78, 5) is 0.284. The third-order valence-corrected chi connectivity index (χ3v) is 7.32. The van der Waals surface area contributed by atoms with Crippen molar-refractivity contribution in [1.29, 1.82) is 0 Å². The van der Waals surface area contributed by atoms with Gasteiger partial charge in [0.15, 0.2) is 0 Å². The number of aryl methyl sites for hydroxylation is 1. The molecule has 5 heteroatoms. The van der Waals surface area contributed by atoms with E-state index in [-0.39, 0.29) is 11.4 Å². The van der Waals surface area contributed by atoms with Crippen molar-refractivity contribution in [2.24, 2.45) is 0 Å². The Morgan fingerprint density at radius 2 is 1.45 bits per heavy atom. The maximum absolute atomic E-state index is 13.9. The van der Waals surface area contributed by atoms with E-state index in [0.717, 1.165) is 27.5 Å². The van der Waals surface area contributed by atoms with Crippen LogP contribution < -0.4 is 4.31 Å². The standard InChI is InChI=1S/C26H22N2O2S/c1-20-13-15-23(16-14-20)31(29,30)28(19-21-8-3-2-4-9-21)26-18-22-10-5-6-11-24(22)27-17-7-12-25(26)27/h2-18H,19H2,1H3. The maximum atomic E-state index is 13.9. The number of fused-ring (bicyclic) bond motifs is 3. The molecule has 0 aliphatic heterocycles. The lowest BCUT2D eigenvalue weighted by molar-refractivity contribution is 0.590. The molecule has 5 rings (SSSR count). The first-order chi connectivity index (χ1) is 15.0. The van der Waals surface area contributed by atoms with Gasteiger partial charge in [0.05, 0.1) is 28.2 Å². The second kappa shape index (κ2) is 7.60. The molecule has 0 bridgehead atoms. The Bertz CT molecular complexity index is 1470. The molecule has 31 heavy (non-hydrogen) atoms. The zero-order valence-electron chi connectivity index (χ0n) is 17.1. The summed E-state index contributed by atoms with van der Waals surface area (Å²) in [6, 6.07) is 30.6. The number of pyridine rings is 1. The number of sulfonamides is 1. The van der Waals surface area contributed by atoms with E-state index >= 15 is 0 Å². The van der Waals surface area contributed by atoms with Crippen molar-refractivity contribution in [3.8, 4) is 0 Å². The fourth-order valence-electron chi connectivity index (χ4n) is 3.94. The molecule has 2 heterocycles.